The minimum absolute atomic E-state index is 0.240. The number of nitrogens with one attached hydrogen (secondary N) is 1. The molecule has 6 N–H and O–H groups in total. The van der Waals surface area contributed by atoms with Crippen molar-refractivity contribution in [3.63, 3.8) is 0 Å². The van der Waals surface area contributed by atoms with E-state index in [1.54, 1.807) is 0 Å². The lowest BCUT2D eigenvalue weighted by Crippen LogP contribution is -2.60. The van der Waals surface area contributed by atoms with E-state index in [0.717, 1.165) is 0 Å². The summed E-state index contributed by atoms with van der Waals surface area (Å²) in [6.07, 6.45) is -0.271. The number of hydrogen-bond donors (Lipinski definition) is 4. The summed E-state index contributed by atoms with van der Waals surface area (Å²) in [6.45, 7) is 0. The zero-order valence-corrected chi connectivity index (χ0v) is 7.06. The van der Waals surface area contributed by atoms with Crippen LogP contribution in [-0.2, 0) is 9.63 Å². The Bertz CT molecular complexity index is 245. The number of carbonyl (C=O) groups excluding carboxylic acids is 1. The van der Waals surface area contributed by atoms with Gasteiger partial charge in [0.2, 0.25) is 0 Å². The summed E-state index contributed by atoms with van der Waals surface area (Å²) in [7, 11) is 0. The lowest BCUT2D eigenvalue weighted by molar-refractivity contribution is -0.128. The normalized spacial score (nSPS) is 45.9. The molecular formula is C7H13N3O3. The topological polar surface area (TPSA) is 111 Å². The Morgan fingerprint density at radius 1 is 1.77 bits per heavy atom. The molecule has 1 aliphatic heterocycles. The number of amides is 1. The fourth-order valence-electron chi connectivity index (χ4n) is 2.13. The number of carbonyl (C=O) groups is 1. The van der Waals surface area contributed by atoms with E-state index < -0.39 is 17.7 Å². The van der Waals surface area contributed by atoms with Crippen LogP contribution in [0.25, 0.3) is 0 Å². The molecule has 0 radical (unpaired) electrons. The van der Waals surface area contributed by atoms with Crippen molar-refractivity contribution in [3.05, 3.63) is 0 Å². The van der Waals surface area contributed by atoms with Gasteiger partial charge in [-0.15, -0.1) is 0 Å². The maximum absolute atomic E-state index is 11.3. The molecule has 4 unspecified atom stereocenters. The molecule has 0 spiro atoms. The predicted octanol–water partition coefficient (Wildman–Crippen LogP) is -2.20. The van der Waals surface area contributed by atoms with Gasteiger partial charge in [-0.3, -0.25) is 9.63 Å². The first kappa shape index (κ1) is 8.89. The maximum Gasteiger partial charge on any atom is 0.251 e. The van der Waals surface area contributed by atoms with Crippen LogP contribution < -0.4 is 16.9 Å². The quantitative estimate of drug-likeness (QED) is 0.348. The highest BCUT2D eigenvalue weighted by Crippen LogP contribution is 2.39. The van der Waals surface area contributed by atoms with Crippen LogP contribution in [0.3, 0.4) is 0 Å². The average Bonchev–Trinajstić information content (AvgIpc) is 2.57. The molecule has 2 rings (SSSR count). The second-order valence-corrected chi connectivity index (χ2v) is 3.70. The van der Waals surface area contributed by atoms with Crippen LogP contribution in [-0.4, -0.2) is 28.9 Å². The number of nitrogens with two attached hydrogens (primary N) is 2. The van der Waals surface area contributed by atoms with Gasteiger partial charge in [-0.25, -0.2) is 5.48 Å². The van der Waals surface area contributed by atoms with Crippen LogP contribution in [0.15, 0.2) is 0 Å². The molecule has 2 aliphatic rings. The second-order valence-electron chi connectivity index (χ2n) is 3.70. The molecular weight excluding hydrogens is 174 g/mol. The molecule has 74 valence electrons. The lowest BCUT2D eigenvalue weighted by Gasteiger charge is -2.30. The summed E-state index contributed by atoms with van der Waals surface area (Å²) in [5, 5.41) is 9.29. The van der Waals surface area contributed by atoms with Crippen molar-refractivity contribution >= 4 is 5.91 Å². The van der Waals surface area contributed by atoms with Gasteiger partial charge >= 0.3 is 0 Å². The molecule has 0 aromatic carbocycles. The minimum atomic E-state index is -1.19. The molecule has 0 aromatic heterocycles. The number of rotatable bonds is 1. The smallest absolute Gasteiger partial charge is 0.251 e. The number of hydrogen-bond acceptors (Lipinski definition) is 5. The first-order valence-corrected chi connectivity index (χ1v) is 4.24. The first-order chi connectivity index (χ1) is 6.05. The van der Waals surface area contributed by atoms with E-state index in [1.807, 2.05) is 0 Å². The molecule has 4 atom stereocenters. The zero-order valence-electron chi connectivity index (χ0n) is 7.06. The van der Waals surface area contributed by atoms with Crippen molar-refractivity contribution < 1.29 is 14.7 Å². The van der Waals surface area contributed by atoms with Crippen LogP contribution >= 0.6 is 0 Å². The van der Waals surface area contributed by atoms with Gasteiger partial charge in [0.1, 0.15) is 6.23 Å². The number of fused-ring (bicyclic) bond motifs is 1. The molecule has 1 amide bonds. The number of aliphatic hydroxyl groups is 1. The van der Waals surface area contributed by atoms with Crippen LogP contribution in [0.2, 0.25) is 0 Å². The minimum Gasteiger partial charge on any atom is -0.377 e. The summed E-state index contributed by atoms with van der Waals surface area (Å²) < 4.78 is 0. The SMILES string of the molecule is NC(O)C1(N)CCC2ONC(=O)C21. The van der Waals surface area contributed by atoms with Gasteiger partial charge in [-0.05, 0) is 12.8 Å². The molecule has 0 aromatic rings. The van der Waals surface area contributed by atoms with E-state index in [1.165, 1.54) is 0 Å². The van der Waals surface area contributed by atoms with Crippen LogP contribution in [0.1, 0.15) is 12.8 Å². The van der Waals surface area contributed by atoms with E-state index in [9.17, 15) is 9.90 Å². The molecule has 1 heterocycles. The molecule has 6 nitrogen and oxygen atoms in total. The summed E-state index contributed by atoms with van der Waals surface area (Å²) in [5.41, 5.74) is 12.4. The van der Waals surface area contributed by atoms with Gasteiger partial charge in [0.05, 0.1) is 17.6 Å². The van der Waals surface area contributed by atoms with Gasteiger partial charge in [0.25, 0.3) is 5.91 Å². The third kappa shape index (κ3) is 1.07. The van der Waals surface area contributed by atoms with Crippen molar-refractivity contribution in [3.8, 4) is 0 Å². The highest BCUT2D eigenvalue weighted by atomic mass is 16.7. The lowest BCUT2D eigenvalue weighted by atomic mass is 9.85. The molecule has 1 saturated carbocycles. The largest absolute Gasteiger partial charge is 0.377 e. The maximum atomic E-state index is 11.3. The highest BCUT2D eigenvalue weighted by molar-refractivity contribution is 5.82. The highest BCUT2D eigenvalue weighted by Gasteiger charge is 2.57. The fraction of sp³-hybridized carbons (Fsp3) is 0.857. The molecule has 2 fully saturated rings. The van der Waals surface area contributed by atoms with Crippen molar-refractivity contribution in [2.75, 3.05) is 0 Å². The Hall–Kier alpha value is -0.690. The summed E-state index contributed by atoms with van der Waals surface area (Å²) >= 11 is 0. The van der Waals surface area contributed by atoms with E-state index in [0.29, 0.717) is 12.8 Å². The first-order valence-electron chi connectivity index (χ1n) is 4.24. The predicted molar refractivity (Wildman–Crippen MR) is 42.9 cm³/mol. The Labute approximate surface area is 75.2 Å². The molecule has 13 heavy (non-hydrogen) atoms. The van der Waals surface area contributed by atoms with Crippen molar-refractivity contribution in [2.45, 2.75) is 30.7 Å². The zero-order chi connectivity index (χ0) is 9.64. The van der Waals surface area contributed by atoms with Gasteiger partial charge in [0, 0.05) is 0 Å². The molecule has 1 aliphatic carbocycles. The van der Waals surface area contributed by atoms with Crippen LogP contribution in [0, 0.1) is 5.92 Å². The van der Waals surface area contributed by atoms with E-state index in [2.05, 4.69) is 5.48 Å². The van der Waals surface area contributed by atoms with Crippen LogP contribution in [0.4, 0.5) is 0 Å². The van der Waals surface area contributed by atoms with Crippen molar-refractivity contribution in [2.24, 2.45) is 17.4 Å². The van der Waals surface area contributed by atoms with Crippen molar-refractivity contribution in [1.29, 1.82) is 0 Å². The summed E-state index contributed by atoms with van der Waals surface area (Å²) in [4.78, 5) is 16.3. The monoisotopic (exact) mass is 187 g/mol. The molecule has 0 bridgehead atoms. The van der Waals surface area contributed by atoms with Gasteiger partial charge in [-0.2, -0.15) is 0 Å². The Morgan fingerprint density at radius 3 is 3.08 bits per heavy atom. The van der Waals surface area contributed by atoms with Crippen molar-refractivity contribution in [1.82, 2.24) is 5.48 Å². The standard InChI is InChI=1S/C7H13N3O3/c8-6(12)7(9)2-1-3-4(7)5(11)10-13-3/h3-4,6,12H,1-2,8-9H2,(H,10,11). The Morgan fingerprint density at radius 2 is 2.46 bits per heavy atom. The summed E-state index contributed by atoms with van der Waals surface area (Å²) in [5.74, 6) is -0.804. The summed E-state index contributed by atoms with van der Waals surface area (Å²) in [6, 6.07) is 0. The number of hydroxylamine groups is 1. The van der Waals surface area contributed by atoms with Gasteiger partial charge in [0.15, 0.2) is 0 Å². The Balaban J connectivity index is 2.27. The van der Waals surface area contributed by atoms with E-state index in [-0.39, 0.29) is 12.0 Å². The second kappa shape index (κ2) is 2.65. The third-order valence-electron chi connectivity index (χ3n) is 2.96. The van der Waals surface area contributed by atoms with E-state index in [4.69, 9.17) is 16.3 Å². The third-order valence-corrected chi connectivity index (χ3v) is 2.96. The Kier molecular flexibility index (Phi) is 1.81. The van der Waals surface area contributed by atoms with Gasteiger partial charge in [-0.1, -0.05) is 0 Å². The van der Waals surface area contributed by atoms with E-state index >= 15 is 0 Å². The van der Waals surface area contributed by atoms with Gasteiger partial charge < -0.3 is 16.6 Å². The number of aliphatic hydroxyl groups excluding tert-OH is 1. The molecule has 1 saturated heterocycles. The van der Waals surface area contributed by atoms with Crippen LogP contribution in [0.5, 0.6) is 0 Å². The molecule has 6 heteroatoms. The average molecular weight is 187 g/mol. The fourth-order valence-corrected chi connectivity index (χ4v) is 2.13.